The van der Waals surface area contributed by atoms with E-state index in [-0.39, 0.29) is 17.4 Å². The van der Waals surface area contributed by atoms with Crippen LogP contribution in [0.4, 0.5) is 0 Å². The van der Waals surface area contributed by atoms with Gasteiger partial charge in [0.25, 0.3) is 0 Å². The summed E-state index contributed by atoms with van der Waals surface area (Å²) in [6.45, 7) is 3.34. The van der Waals surface area contributed by atoms with E-state index in [1.54, 1.807) is 17.7 Å². The molecule has 0 radical (unpaired) electrons. The third-order valence-corrected chi connectivity index (χ3v) is 12.5. The SMILES string of the molecule is O=C([C@@H](Cc1ccc(Cl)cc1)N[C@H]1CC[C@@H](NCc2nc3ccccc3s2)CC1)N1CCC(Cn2cncn2)(C2CCCCC2)CC1. The summed E-state index contributed by atoms with van der Waals surface area (Å²) in [6.07, 6.45) is 17.1. The van der Waals surface area contributed by atoms with Crippen molar-refractivity contribution >= 4 is 39.1 Å². The topological polar surface area (TPSA) is 88.0 Å². The van der Waals surface area contributed by atoms with Gasteiger partial charge in [-0.3, -0.25) is 9.48 Å². The van der Waals surface area contributed by atoms with E-state index in [1.165, 1.54) is 36.8 Å². The second-order valence-electron chi connectivity index (χ2n) is 14.2. The highest BCUT2D eigenvalue weighted by Gasteiger charge is 2.44. The maximum Gasteiger partial charge on any atom is 0.240 e. The molecule has 250 valence electrons. The van der Waals surface area contributed by atoms with Gasteiger partial charge < -0.3 is 15.5 Å². The summed E-state index contributed by atoms with van der Waals surface area (Å²) in [4.78, 5) is 25.5. The summed E-state index contributed by atoms with van der Waals surface area (Å²) < 4.78 is 3.28. The highest BCUT2D eigenvalue weighted by Crippen LogP contribution is 2.47. The van der Waals surface area contributed by atoms with Crippen molar-refractivity contribution in [3.8, 4) is 0 Å². The molecule has 3 fully saturated rings. The van der Waals surface area contributed by atoms with Crippen molar-refractivity contribution < 1.29 is 4.79 Å². The summed E-state index contributed by atoms with van der Waals surface area (Å²) in [5.41, 5.74) is 2.41. The first kappa shape index (κ1) is 32.7. The van der Waals surface area contributed by atoms with Crippen molar-refractivity contribution in [2.75, 3.05) is 13.1 Å². The quantitative estimate of drug-likeness (QED) is 0.178. The Balaban J connectivity index is 0.977. The fourth-order valence-electron chi connectivity index (χ4n) is 8.49. The van der Waals surface area contributed by atoms with E-state index in [0.717, 1.165) is 85.8 Å². The Morgan fingerprint density at radius 1 is 0.957 bits per heavy atom. The molecule has 0 spiro atoms. The van der Waals surface area contributed by atoms with Crippen LogP contribution in [-0.2, 0) is 24.3 Å². The molecule has 47 heavy (non-hydrogen) atoms. The number of para-hydroxylation sites is 1. The molecule has 2 aromatic heterocycles. The number of thiazole rings is 1. The minimum atomic E-state index is -0.245. The highest BCUT2D eigenvalue weighted by atomic mass is 35.5. The van der Waals surface area contributed by atoms with E-state index in [1.807, 2.05) is 23.1 Å². The average molecular weight is 674 g/mol. The normalized spacial score (nSPS) is 22.8. The molecule has 1 atom stereocenters. The van der Waals surface area contributed by atoms with Crippen LogP contribution < -0.4 is 10.6 Å². The zero-order chi connectivity index (χ0) is 32.1. The Hall–Kier alpha value is -2.85. The van der Waals surface area contributed by atoms with Crippen LogP contribution in [-0.4, -0.2) is 61.8 Å². The number of hydrogen-bond acceptors (Lipinski definition) is 7. The van der Waals surface area contributed by atoms with Crippen LogP contribution in [0.2, 0.25) is 5.02 Å². The minimum absolute atomic E-state index is 0.181. The molecule has 2 aliphatic carbocycles. The number of likely N-dealkylation sites (tertiary alicyclic amines) is 1. The number of amides is 1. The van der Waals surface area contributed by atoms with Crippen LogP contribution in [0.1, 0.15) is 81.2 Å². The fourth-order valence-corrected chi connectivity index (χ4v) is 9.53. The molecule has 3 heterocycles. The van der Waals surface area contributed by atoms with Crippen LogP contribution in [0.5, 0.6) is 0 Å². The minimum Gasteiger partial charge on any atom is -0.341 e. The Morgan fingerprint density at radius 2 is 1.70 bits per heavy atom. The van der Waals surface area contributed by atoms with Gasteiger partial charge in [0.1, 0.15) is 17.7 Å². The van der Waals surface area contributed by atoms with Crippen molar-refractivity contribution in [3.05, 3.63) is 76.8 Å². The van der Waals surface area contributed by atoms with Crippen LogP contribution in [0, 0.1) is 11.3 Å². The molecule has 1 amide bonds. The lowest BCUT2D eigenvalue weighted by molar-refractivity contribution is -0.137. The molecule has 2 saturated carbocycles. The molecule has 1 saturated heterocycles. The van der Waals surface area contributed by atoms with Crippen LogP contribution in [0.25, 0.3) is 10.2 Å². The van der Waals surface area contributed by atoms with Crippen molar-refractivity contribution in [1.82, 2.24) is 35.3 Å². The summed E-state index contributed by atoms with van der Waals surface area (Å²) in [5.74, 6) is 0.938. The predicted molar refractivity (Wildman–Crippen MR) is 189 cm³/mol. The van der Waals surface area contributed by atoms with Gasteiger partial charge >= 0.3 is 0 Å². The van der Waals surface area contributed by atoms with Crippen LogP contribution >= 0.6 is 22.9 Å². The number of rotatable bonds is 11. The van der Waals surface area contributed by atoms with E-state index < -0.39 is 0 Å². The first-order chi connectivity index (χ1) is 23.0. The summed E-state index contributed by atoms with van der Waals surface area (Å²) in [6, 6.07) is 16.9. The second kappa shape index (κ2) is 15.1. The molecule has 0 bridgehead atoms. The van der Waals surface area contributed by atoms with E-state index in [2.05, 4.69) is 62.0 Å². The highest BCUT2D eigenvalue weighted by molar-refractivity contribution is 7.18. The maximum absolute atomic E-state index is 14.3. The van der Waals surface area contributed by atoms with Crippen molar-refractivity contribution in [3.63, 3.8) is 0 Å². The van der Waals surface area contributed by atoms with Gasteiger partial charge in [0.15, 0.2) is 0 Å². The summed E-state index contributed by atoms with van der Waals surface area (Å²) in [7, 11) is 0. The number of carbonyl (C=O) groups excluding carboxylic acids is 1. The Morgan fingerprint density at radius 3 is 2.43 bits per heavy atom. The lowest BCUT2D eigenvalue weighted by Gasteiger charge is -2.48. The van der Waals surface area contributed by atoms with Gasteiger partial charge in [-0.05, 0) is 98.9 Å². The molecular weight excluding hydrogens is 626 g/mol. The molecule has 8 nitrogen and oxygen atoms in total. The number of nitrogens with zero attached hydrogens (tertiary/aromatic N) is 5. The number of hydrogen-bond donors (Lipinski definition) is 2. The van der Waals surface area contributed by atoms with E-state index in [4.69, 9.17) is 16.6 Å². The molecule has 3 aliphatic rings. The average Bonchev–Trinajstić information content (AvgIpc) is 3.79. The molecule has 4 aromatic rings. The van der Waals surface area contributed by atoms with Gasteiger partial charge in [-0.1, -0.05) is 55.1 Å². The number of piperidine rings is 1. The lowest BCUT2D eigenvalue weighted by Crippen LogP contribution is -2.56. The largest absolute Gasteiger partial charge is 0.341 e. The second-order valence-corrected chi connectivity index (χ2v) is 15.7. The van der Waals surface area contributed by atoms with Gasteiger partial charge in [0.2, 0.25) is 5.91 Å². The zero-order valence-electron chi connectivity index (χ0n) is 27.3. The molecule has 2 N–H and O–H groups in total. The van der Waals surface area contributed by atoms with Gasteiger partial charge in [0, 0.05) is 43.3 Å². The lowest BCUT2D eigenvalue weighted by atomic mass is 9.63. The Labute approximate surface area is 287 Å². The fraction of sp³-hybridized carbons (Fsp3) is 0.568. The third-order valence-electron chi connectivity index (χ3n) is 11.2. The van der Waals surface area contributed by atoms with E-state index in [9.17, 15) is 4.79 Å². The first-order valence-electron chi connectivity index (χ1n) is 17.7. The third kappa shape index (κ3) is 8.07. The molecule has 10 heteroatoms. The van der Waals surface area contributed by atoms with Gasteiger partial charge in [-0.15, -0.1) is 11.3 Å². The number of nitrogens with one attached hydrogen (secondary N) is 2. The van der Waals surface area contributed by atoms with Gasteiger partial charge in [-0.25, -0.2) is 9.97 Å². The molecule has 1 aliphatic heterocycles. The number of halogens is 1. The summed E-state index contributed by atoms with van der Waals surface area (Å²) in [5, 5.41) is 14.0. The molecule has 2 aromatic carbocycles. The smallest absolute Gasteiger partial charge is 0.240 e. The Kier molecular flexibility index (Phi) is 10.5. The van der Waals surface area contributed by atoms with Crippen LogP contribution in [0.15, 0.2) is 61.2 Å². The van der Waals surface area contributed by atoms with E-state index >= 15 is 0 Å². The number of benzene rings is 2. The van der Waals surface area contributed by atoms with Crippen molar-refractivity contribution in [1.29, 1.82) is 0 Å². The maximum atomic E-state index is 14.3. The van der Waals surface area contributed by atoms with E-state index in [0.29, 0.717) is 24.4 Å². The Bertz CT molecular complexity index is 1540. The predicted octanol–water partition coefficient (Wildman–Crippen LogP) is 7.03. The first-order valence-corrected chi connectivity index (χ1v) is 18.9. The molecule has 7 rings (SSSR count). The van der Waals surface area contributed by atoms with Gasteiger partial charge in [0.05, 0.1) is 16.3 Å². The summed E-state index contributed by atoms with van der Waals surface area (Å²) >= 11 is 8.00. The molecular formula is C37H48ClN7OS. The zero-order valence-corrected chi connectivity index (χ0v) is 28.9. The van der Waals surface area contributed by atoms with Crippen LogP contribution in [0.3, 0.4) is 0 Å². The number of fused-ring (bicyclic) bond motifs is 1. The number of carbonyl (C=O) groups is 1. The van der Waals surface area contributed by atoms with Gasteiger partial charge in [-0.2, -0.15) is 5.10 Å². The number of aromatic nitrogens is 4. The molecule has 0 unspecified atom stereocenters. The standard InChI is InChI=1S/C37H48ClN7OS/c38-29-12-10-27(11-13-29)22-33(42-31-16-14-30(15-17-31)40-23-35-43-32-8-4-5-9-34(32)47-35)36(46)44-20-18-37(19-21-44,24-45-26-39-25-41-45)28-6-2-1-3-7-28/h4-5,8-13,25-26,28,30-31,33,40,42H,1-3,6-7,14-24H2/t30-,31+,33-/m1/s1. The van der Waals surface area contributed by atoms with Crippen molar-refractivity contribution in [2.45, 2.75) is 108 Å². The monoisotopic (exact) mass is 673 g/mol. The van der Waals surface area contributed by atoms with Crippen molar-refractivity contribution in [2.24, 2.45) is 11.3 Å².